The van der Waals surface area contributed by atoms with Gasteiger partial charge < -0.3 is 0 Å². The van der Waals surface area contributed by atoms with Gasteiger partial charge in [0.1, 0.15) is 5.65 Å². The van der Waals surface area contributed by atoms with E-state index in [1.54, 1.807) is 24.4 Å². The van der Waals surface area contributed by atoms with Crippen LogP contribution in [0.2, 0.25) is 0 Å². The van der Waals surface area contributed by atoms with Gasteiger partial charge in [-0.1, -0.05) is 48.5 Å². The van der Waals surface area contributed by atoms with Crippen molar-refractivity contribution in [1.29, 1.82) is 0 Å². The fourth-order valence-corrected chi connectivity index (χ4v) is 5.63. The van der Waals surface area contributed by atoms with Crippen LogP contribution in [0.25, 0.3) is 38.6 Å². The Hall–Kier alpha value is -4.85. The number of fused-ring (bicyclic) bond motifs is 6. The van der Waals surface area contributed by atoms with E-state index < -0.39 is 0 Å². The summed E-state index contributed by atoms with van der Waals surface area (Å²) in [4.78, 5) is 58.5. The second-order valence-corrected chi connectivity index (χ2v) is 9.28. The number of pyridine rings is 1. The summed E-state index contributed by atoms with van der Waals surface area (Å²) in [6, 6.07) is 21.0. The smallest absolute Gasteiger partial charge is 0.234 e. The van der Waals surface area contributed by atoms with E-state index in [1.165, 1.54) is 9.80 Å². The van der Waals surface area contributed by atoms with Crippen LogP contribution in [-0.2, 0) is 19.2 Å². The fourth-order valence-electron chi connectivity index (χ4n) is 5.63. The van der Waals surface area contributed by atoms with Crippen LogP contribution in [0.5, 0.6) is 0 Å². The lowest BCUT2D eigenvalue weighted by molar-refractivity contribution is -0.122. The highest BCUT2D eigenvalue weighted by atomic mass is 16.2. The predicted octanol–water partition coefficient (Wildman–Crippen LogP) is 4.61. The Balaban J connectivity index is 1.63. The number of hydrogen-bond donors (Lipinski definition) is 0. The number of nitrogens with zero attached hydrogens (tertiary/aromatic N) is 4. The maximum absolute atomic E-state index is 12.9. The van der Waals surface area contributed by atoms with Crippen molar-refractivity contribution in [3.8, 4) is 11.3 Å². The van der Waals surface area contributed by atoms with Crippen molar-refractivity contribution in [2.75, 3.05) is 9.80 Å². The molecule has 8 heteroatoms. The second kappa shape index (κ2) is 7.83. The Morgan fingerprint density at radius 3 is 1.68 bits per heavy atom. The molecule has 4 amide bonds. The van der Waals surface area contributed by atoms with E-state index >= 15 is 0 Å². The van der Waals surface area contributed by atoms with Crippen LogP contribution in [0.3, 0.4) is 0 Å². The topological polar surface area (TPSA) is 92.1 Å². The zero-order valence-corrected chi connectivity index (χ0v) is 19.7. The second-order valence-electron chi connectivity index (χ2n) is 9.28. The van der Waals surface area contributed by atoms with Gasteiger partial charge in [-0.3, -0.25) is 23.6 Å². The number of imidazole rings is 1. The van der Waals surface area contributed by atoms with Crippen molar-refractivity contribution < 1.29 is 19.2 Å². The van der Waals surface area contributed by atoms with Gasteiger partial charge in [-0.15, -0.1) is 0 Å². The number of carbonyl (C=O) groups is 4. The van der Waals surface area contributed by atoms with Crippen LogP contribution in [0.1, 0.15) is 25.7 Å². The van der Waals surface area contributed by atoms with Gasteiger partial charge in [-0.05, 0) is 23.6 Å². The molecule has 180 valence electrons. The number of para-hydroxylation sites is 1. The molecule has 2 fully saturated rings. The van der Waals surface area contributed by atoms with E-state index in [0.29, 0.717) is 28.3 Å². The molecule has 0 unspecified atom stereocenters. The van der Waals surface area contributed by atoms with Crippen LogP contribution in [0.4, 0.5) is 11.4 Å². The quantitative estimate of drug-likeness (QED) is 0.273. The highest BCUT2D eigenvalue weighted by molar-refractivity contribution is 6.25. The van der Waals surface area contributed by atoms with Gasteiger partial charge in [-0.2, -0.15) is 0 Å². The first-order valence-corrected chi connectivity index (χ1v) is 12.2. The molecule has 0 bridgehead atoms. The van der Waals surface area contributed by atoms with Crippen molar-refractivity contribution in [3.63, 3.8) is 0 Å². The summed E-state index contributed by atoms with van der Waals surface area (Å²) in [7, 11) is 0. The predicted molar refractivity (Wildman–Crippen MR) is 139 cm³/mol. The molecule has 5 aromatic rings. The van der Waals surface area contributed by atoms with Crippen molar-refractivity contribution in [2.24, 2.45) is 0 Å². The lowest BCUT2D eigenvalue weighted by Gasteiger charge is -2.24. The number of aromatic nitrogens is 2. The summed E-state index contributed by atoms with van der Waals surface area (Å²) in [6.45, 7) is 0. The monoisotopic (exact) mass is 488 g/mol. The lowest BCUT2D eigenvalue weighted by atomic mass is 10.0. The van der Waals surface area contributed by atoms with E-state index in [1.807, 2.05) is 46.9 Å². The van der Waals surface area contributed by atoms with E-state index in [0.717, 1.165) is 21.7 Å². The molecule has 0 aliphatic carbocycles. The minimum absolute atomic E-state index is 0.116. The SMILES string of the molecule is O=C1CCC(=O)N1c1cccc(N2C(=O)CCC2=O)c1-c1cnc2c3ccccc3c3ccccc3n12. The molecule has 2 aliphatic heterocycles. The van der Waals surface area contributed by atoms with E-state index in [2.05, 4.69) is 6.07 Å². The molecule has 0 spiro atoms. The Bertz CT molecular complexity index is 1750. The number of rotatable bonds is 3. The van der Waals surface area contributed by atoms with Crippen molar-refractivity contribution >= 4 is 62.3 Å². The molecular formula is C29H20N4O4. The molecule has 4 heterocycles. The molecule has 2 saturated heterocycles. The molecule has 8 nitrogen and oxygen atoms in total. The highest BCUT2D eigenvalue weighted by Crippen LogP contribution is 2.44. The molecule has 3 aromatic carbocycles. The minimum atomic E-state index is -0.313. The minimum Gasteiger partial charge on any atom is -0.292 e. The number of amides is 4. The third-order valence-electron chi connectivity index (χ3n) is 7.23. The molecular weight excluding hydrogens is 468 g/mol. The van der Waals surface area contributed by atoms with Gasteiger partial charge in [-0.25, -0.2) is 14.8 Å². The summed E-state index contributed by atoms with van der Waals surface area (Å²) < 4.78 is 1.98. The third kappa shape index (κ3) is 2.99. The molecule has 0 saturated carbocycles. The van der Waals surface area contributed by atoms with Crippen molar-refractivity contribution in [3.05, 3.63) is 72.9 Å². The summed E-state index contributed by atoms with van der Waals surface area (Å²) >= 11 is 0. The number of anilines is 2. The number of imide groups is 2. The van der Waals surface area contributed by atoms with Crippen molar-refractivity contribution in [2.45, 2.75) is 25.7 Å². The van der Waals surface area contributed by atoms with Gasteiger partial charge in [0.25, 0.3) is 0 Å². The van der Waals surface area contributed by atoms with Gasteiger partial charge in [0.15, 0.2) is 0 Å². The first kappa shape index (κ1) is 21.4. The summed E-state index contributed by atoms with van der Waals surface area (Å²) in [5.41, 5.74) is 3.30. The molecule has 0 atom stereocenters. The Labute approximate surface area is 210 Å². The van der Waals surface area contributed by atoms with Crippen LogP contribution in [-0.4, -0.2) is 33.0 Å². The van der Waals surface area contributed by atoms with E-state index in [-0.39, 0.29) is 49.3 Å². The molecule has 7 rings (SSSR count). The fraction of sp³-hybridized carbons (Fsp3) is 0.138. The number of benzene rings is 3. The maximum atomic E-state index is 12.9. The first-order valence-electron chi connectivity index (χ1n) is 12.2. The highest BCUT2D eigenvalue weighted by Gasteiger charge is 2.37. The van der Waals surface area contributed by atoms with Crippen LogP contribution < -0.4 is 9.80 Å². The van der Waals surface area contributed by atoms with Gasteiger partial charge in [0.05, 0.1) is 28.8 Å². The van der Waals surface area contributed by atoms with Crippen LogP contribution in [0, 0.1) is 0 Å². The van der Waals surface area contributed by atoms with Gasteiger partial charge >= 0.3 is 0 Å². The Morgan fingerprint density at radius 1 is 0.568 bits per heavy atom. The van der Waals surface area contributed by atoms with Crippen molar-refractivity contribution in [1.82, 2.24) is 9.38 Å². The molecule has 2 aliphatic rings. The molecule has 2 aromatic heterocycles. The normalized spacial score (nSPS) is 16.3. The van der Waals surface area contributed by atoms with Crippen LogP contribution >= 0.6 is 0 Å². The average Bonchev–Trinajstić information content (AvgIpc) is 3.60. The van der Waals surface area contributed by atoms with Crippen LogP contribution in [0.15, 0.2) is 72.9 Å². The molecule has 0 radical (unpaired) electrons. The Morgan fingerprint density at radius 2 is 1.08 bits per heavy atom. The molecule has 37 heavy (non-hydrogen) atoms. The average molecular weight is 489 g/mol. The number of carbonyl (C=O) groups excluding carboxylic acids is 4. The first-order chi connectivity index (χ1) is 18.0. The Kier molecular flexibility index (Phi) is 4.53. The zero-order chi connectivity index (χ0) is 25.3. The van der Waals surface area contributed by atoms with Gasteiger partial charge in [0, 0.05) is 42.0 Å². The lowest BCUT2D eigenvalue weighted by Crippen LogP contribution is -2.32. The summed E-state index contributed by atoms with van der Waals surface area (Å²) in [6.07, 6.45) is 2.15. The summed E-state index contributed by atoms with van der Waals surface area (Å²) in [5.74, 6) is -1.25. The number of hydrogen-bond acceptors (Lipinski definition) is 5. The standard InChI is InChI=1S/C29H20N4O4/c34-24-12-13-25(35)32(24)21-10-5-11-22(33-26(36)14-15-27(33)37)28(21)23-16-30-29-19-8-2-1-6-17(19)18-7-3-4-9-20(18)31(23)29/h1-11,16H,12-15H2. The summed E-state index contributed by atoms with van der Waals surface area (Å²) in [5, 5.41) is 2.99. The maximum Gasteiger partial charge on any atom is 0.234 e. The molecule has 0 N–H and O–H groups in total. The zero-order valence-electron chi connectivity index (χ0n) is 19.7. The van der Waals surface area contributed by atoms with E-state index in [4.69, 9.17) is 4.98 Å². The van der Waals surface area contributed by atoms with Gasteiger partial charge in [0.2, 0.25) is 23.6 Å². The third-order valence-corrected chi connectivity index (χ3v) is 7.23. The van der Waals surface area contributed by atoms with E-state index in [9.17, 15) is 19.2 Å². The largest absolute Gasteiger partial charge is 0.292 e.